The van der Waals surface area contributed by atoms with Gasteiger partial charge in [0.15, 0.2) is 0 Å². The first-order valence-corrected chi connectivity index (χ1v) is 7.69. The third kappa shape index (κ3) is 2.04. The summed E-state index contributed by atoms with van der Waals surface area (Å²) in [7, 11) is 0. The lowest BCUT2D eigenvalue weighted by atomic mass is 10.1. The van der Waals surface area contributed by atoms with Crippen molar-refractivity contribution in [3.05, 3.63) is 76.3 Å². The van der Waals surface area contributed by atoms with E-state index in [0.717, 1.165) is 32.1 Å². The zero-order chi connectivity index (χ0) is 15.1. The molecule has 4 rings (SSSR count). The molecule has 22 heavy (non-hydrogen) atoms. The molecule has 0 aromatic heterocycles. The lowest BCUT2D eigenvalue weighted by Gasteiger charge is -2.03. The minimum atomic E-state index is -0.0311. The van der Waals surface area contributed by atoms with E-state index in [1.807, 2.05) is 60.7 Å². The molecule has 1 N–H and O–H groups in total. The van der Waals surface area contributed by atoms with Crippen LogP contribution >= 0.6 is 15.9 Å². The van der Waals surface area contributed by atoms with Crippen LogP contribution in [0.3, 0.4) is 0 Å². The second-order valence-corrected chi connectivity index (χ2v) is 6.03. The van der Waals surface area contributed by atoms with Crippen molar-refractivity contribution in [2.75, 3.05) is 5.43 Å². The number of benzene rings is 3. The van der Waals surface area contributed by atoms with Gasteiger partial charge in [-0.25, -0.2) is 0 Å². The Morgan fingerprint density at radius 2 is 1.55 bits per heavy atom. The number of hydrogen-bond donors (Lipinski definition) is 1. The van der Waals surface area contributed by atoms with Crippen LogP contribution in [-0.4, -0.2) is 11.5 Å². The molecule has 1 aliphatic rings. The summed E-state index contributed by atoms with van der Waals surface area (Å²) in [5, 5.41) is 6.40. The number of hydrogen-bond acceptors (Lipinski definition) is 3. The number of rotatable bonds is 2. The molecule has 4 heteroatoms. The summed E-state index contributed by atoms with van der Waals surface area (Å²) in [6.45, 7) is 0. The van der Waals surface area contributed by atoms with Crippen LogP contribution in [0.4, 0.5) is 5.69 Å². The zero-order valence-electron chi connectivity index (χ0n) is 11.5. The van der Waals surface area contributed by atoms with Crippen LogP contribution in [0, 0.1) is 0 Å². The molecule has 0 amide bonds. The van der Waals surface area contributed by atoms with Crippen molar-refractivity contribution in [3.8, 4) is 0 Å². The predicted octanol–water partition coefficient (Wildman–Crippen LogP) is 4.61. The van der Waals surface area contributed by atoms with Gasteiger partial charge in [-0.05, 0) is 29.7 Å². The van der Waals surface area contributed by atoms with E-state index in [1.165, 1.54) is 0 Å². The van der Waals surface area contributed by atoms with Crippen LogP contribution in [0.25, 0.3) is 10.8 Å². The average Bonchev–Trinajstić information content (AvgIpc) is 2.82. The van der Waals surface area contributed by atoms with E-state index in [0.29, 0.717) is 5.71 Å². The highest BCUT2D eigenvalue weighted by atomic mass is 79.9. The van der Waals surface area contributed by atoms with Gasteiger partial charge in [-0.15, -0.1) is 0 Å². The Bertz CT molecular complexity index is 924. The molecule has 0 aliphatic heterocycles. The predicted molar refractivity (Wildman–Crippen MR) is 92.6 cm³/mol. The smallest absolute Gasteiger partial charge is 0.214 e. The van der Waals surface area contributed by atoms with Crippen LogP contribution in [-0.2, 0) is 0 Å². The van der Waals surface area contributed by atoms with E-state index in [-0.39, 0.29) is 5.78 Å². The van der Waals surface area contributed by atoms with E-state index in [4.69, 9.17) is 0 Å². The minimum absolute atomic E-state index is 0.0311. The van der Waals surface area contributed by atoms with Crippen molar-refractivity contribution in [2.45, 2.75) is 0 Å². The van der Waals surface area contributed by atoms with Gasteiger partial charge in [0.25, 0.3) is 0 Å². The van der Waals surface area contributed by atoms with Crippen molar-refractivity contribution in [1.82, 2.24) is 0 Å². The SMILES string of the molecule is O=C1/C(=N\Nc2ccc(Br)cc2)c2cccc3cccc1c23. The van der Waals surface area contributed by atoms with Gasteiger partial charge in [0.05, 0.1) is 5.69 Å². The molecule has 3 aromatic carbocycles. The van der Waals surface area contributed by atoms with Crippen molar-refractivity contribution >= 4 is 43.9 Å². The number of nitrogens with zero attached hydrogens (tertiary/aromatic N) is 1. The second kappa shape index (κ2) is 5.07. The number of ketones is 1. The molecule has 3 aromatic rings. The number of hydrazone groups is 1. The Morgan fingerprint density at radius 1 is 0.864 bits per heavy atom. The highest BCUT2D eigenvalue weighted by Gasteiger charge is 2.28. The third-order valence-corrected chi connectivity index (χ3v) is 4.29. The van der Waals surface area contributed by atoms with Crippen LogP contribution < -0.4 is 5.43 Å². The average molecular weight is 351 g/mol. The maximum Gasteiger partial charge on any atom is 0.214 e. The fraction of sp³-hybridized carbons (Fsp3) is 0. The number of Topliss-reactive ketones (excluding diaryl/α,β-unsaturated/α-hetero) is 1. The van der Waals surface area contributed by atoms with Gasteiger partial charge >= 0.3 is 0 Å². The maximum atomic E-state index is 12.6. The number of carbonyl (C=O) groups is 1. The summed E-state index contributed by atoms with van der Waals surface area (Å²) in [6, 6.07) is 19.3. The van der Waals surface area contributed by atoms with Gasteiger partial charge in [-0.3, -0.25) is 10.2 Å². The van der Waals surface area contributed by atoms with Crippen LogP contribution in [0.5, 0.6) is 0 Å². The van der Waals surface area contributed by atoms with Gasteiger partial charge in [0.1, 0.15) is 5.71 Å². The van der Waals surface area contributed by atoms with Gasteiger partial charge in [-0.1, -0.05) is 52.3 Å². The van der Waals surface area contributed by atoms with Crippen molar-refractivity contribution in [3.63, 3.8) is 0 Å². The Hall–Kier alpha value is -2.46. The Morgan fingerprint density at radius 3 is 2.27 bits per heavy atom. The highest BCUT2D eigenvalue weighted by Crippen LogP contribution is 2.31. The van der Waals surface area contributed by atoms with Crippen molar-refractivity contribution in [2.24, 2.45) is 5.10 Å². The van der Waals surface area contributed by atoms with Gasteiger partial charge in [0, 0.05) is 21.0 Å². The Balaban J connectivity index is 1.78. The Labute approximate surface area is 135 Å². The summed E-state index contributed by atoms with van der Waals surface area (Å²) in [4.78, 5) is 12.6. The van der Waals surface area contributed by atoms with Crippen LogP contribution in [0.15, 0.2) is 70.2 Å². The van der Waals surface area contributed by atoms with Gasteiger partial charge < -0.3 is 0 Å². The topological polar surface area (TPSA) is 41.5 Å². The summed E-state index contributed by atoms with van der Waals surface area (Å²) in [5.41, 5.74) is 5.89. The molecule has 0 bridgehead atoms. The van der Waals surface area contributed by atoms with Crippen molar-refractivity contribution in [1.29, 1.82) is 0 Å². The lowest BCUT2D eigenvalue weighted by molar-refractivity contribution is 0.107. The largest absolute Gasteiger partial charge is 0.287 e. The van der Waals surface area contributed by atoms with E-state index >= 15 is 0 Å². The molecule has 0 spiro atoms. The first-order chi connectivity index (χ1) is 10.7. The standard InChI is InChI=1S/C18H11BrN2O/c19-12-7-9-13(10-8-12)20-21-17-14-5-1-3-11-4-2-6-15(16(11)14)18(17)22/h1-10,20H/b21-17-. The van der Waals surface area contributed by atoms with Crippen molar-refractivity contribution < 1.29 is 4.79 Å². The molecule has 0 saturated carbocycles. The van der Waals surface area contributed by atoms with Crippen LogP contribution in [0.2, 0.25) is 0 Å². The highest BCUT2D eigenvalue weighted by molar-refractivity contribution is 9.10. The molecule has 0 saturated heterocycles. The van der Waals surface area contributed by atoms with E-state index in [9.17, 15) is 4.79 Å². The minimum Gasteiger partial charge on any atom is -0.287 e. The van der Waals surface area contributed by atoms with Crippen LogP contribution in [0.1, 0.15) is 15.9 Å². The molecular weight excluding hydrogens is 340 g/mol. The van der Waals surface area contributed by atoms with Gasteiger partial charge in [-0.2, -0.15) is 5.10 Å². The first kappa shape index (κ1) is 13.2. The molecule has 0 atom stereocenters. The number of carbonyl (C=O) groups excluding carboxylic acids is 1. The molecule has 3 nitrogen and oxygen atoms in total. The molecule has 0 fully saturated rings. The number of halogens is 1. The Kier molecular flexibility index (Phi) is 3.05. The first-order valence-electron chi connectivity index (χ1n) is 6.90. The summed E-state index contributed by atoms with van der Waals surface area (Å²) < 4.78 is 1.000. The van der Waals surface area contributed by atoms with Gasteiger partial charge in [0.2, 0.25) is 5.78 Å². The summed E-state index contributed by atoms with van der Waals surface area (Å²) in [6.07, 6.45) is 0. The lowest BCUT2D eigenvalue weighted by Crippen LogP contribution is -2.11. The fourth-order valence-corrected chi connectivity index (χ4v) is 3.00. The monoisotopic (exact) mass is 350 g/mol. The van der Waals surface area contributed by atoms with E-state index in [1.54, 1.807) is 0 Å². The molecule has 0 unspecified atom stereocenters. The van der Waals surface area contributed by atoms with E-state index < -0.39 is 0 Å². The zero-order valence-corrected chi connectivity index (χ0v) is 13.1. The molecular formula is C18H11BrN2O. The number of nitrogens with one attached hydrogen (secondary N) is 1. The third-order valence-electron chi connectivity index (χ3n) is 3.76. The molecule has 0 radical (unpaired) electrons. The summed E-state index contributed by atoms with van der Waals surface area (Å²) in [5.74, 6) is -0.0311. The maximum absolute atomic E-state index is 12.6. The fourth-order valence-electron chi connectivity index (χ4n) is 2.73. The molecule has 0 heterocycles. The normalized spacial score (nSPS) is 14.8. The molecule has 1 aliphatic carbocycles. The van der Waals surface area contributed by atoms with E-state index in [2.05, 4.69) is 26.5 Å². The summed E-state index contributed by atoms with van der Waals surface area (Å²) >= 11 is 3.39. The quantitative estimate of drug-likeness (QED) is 0.685. The molecule has 106 valence electrons. The second-order valence-electron chi connectivity index (χ2n) is 5.12. The number of anilines is 1.